The van der Waals surface area contributed by atoms with Gasteiger partial charge >= 0.3 is 0 Å². The highest BCUT2D eigenvalue weighted by molar-refractivity contribution is 5.53. The van der Waals surface area contributed by atoms with Gasteiger partial charge in [0.1, 0.15) is 0 Å². The van der Waals surface area contributed by atoms with Crippen LogP contribution >= 0.6 is 0 Å². The standard InChI is InChI=1S/C11H15N5/c1-12-6-5-10-14-11(16(2)15-10)9-3-7-13-8-4-9/h3-4,7-8,12H,5-6H2,1-2H3. The van der Waals surface area contributed by atoms with Crippen LogP contribution in [0.15, 0.2) is 24.5 Å². The fraction of sp³-hybridized carbons (Fsp3) is 0.364. The summed E-state index contributed by atoms with van der Waals surface area (Å²) in [4.78, 5) is 8.49. The Hall–Kier alpha value is -1.75. The Morgan fingerprint density at radius 1 is 1.31 bits per heavy atom. The van der Waals surface area contributed by atoms with Crippen LogP contribution in [-0.4, -0.2) is 33.3 Å². The summed E-state index contributed by atoms with van der Waals surface area (Å²) in [6.45, 7) is 0.889. The van der Waals surface area contributed by atoms with Crippen LogP contribution in [0.25, 0.3) is 11.4 Å². The third-order valence-electron chi connectivity index (χ3n) is 2.34. The number of nitrogens with one attached hydrogen (secondary N) is 1. The zero-order valence-electron chi connectivity index (χ0n) is 9.51. The second kappa shape index (κ2) is 4.85. The third-order valence-corrected chi connectivity index (χ3v) is 2.34. The summed E-state index contributed by atoms with van der Waals surface area (Å²) in [7, 11) is 3.83. The van der Waals surface area contributed by atoms with Gasteiger partial charge in [0.2, 0.25) is 0 Å². The number of aryl methyl sites for hydroxylation is 1. The van der Waals surface area contributed by atoms with Gasteiger partial charge < -0.3 is 5.32 Å². The maximum absolute atomic E-state index is 4.50. The molecule has 0 amide bonds. The number of rotatable bonds is 4. The Labute approximate surface area is 94.5 Å². The number of aromatic nitrogens is 4. The molecule has 2 rings (SSSR count). The topological polar surface area (TPSA) is 55.6 Å². The van der Waals surface area contributed by atoms with Crippen LogP contribution in [0.1, 0.15) is 5.82 Å². The monoisotopic (exact) mass is 217 g/mol. The highest BCUT2D eigenvalue weighted by Gasteiger charge is 2.08. The maximum atomic E-state index is 4.50. The Balaban J connectivity index is 2.25. The van der Waals surface area contributed by atoms with Gasteiger partial charge in [0.25, 0.3) is 0 Å². The lowest BCUT2D eigenvalue weighted by molar-refractivity contribution is 0.717. The second-order valence-corrected chi connectivity index (χ2v) is 3.56. The van der Waals surface area contributed by atoms with E-state index in [1.54, 1.807) is 17.1 Å². The molecule has 5 heteroatoms. The van der Waals surface area contributed by atoms with Gasteiger partial charge in [-0.2, -0.15) is 5.10 Å². The zero-order chi connectivity index (χ0) is 11.4. The van der Waals surface area contributed by atoms with Crippen LogP contribution in [-0.2, 0) is 13.5 Å². The van der Waals surface area contributed by atoms with Crippen molar-refractivity contribution in [2.75, 3.05) is 13.6 Å². The summed E-state index contributed by atoms with van der Waals surface area (Å²) in [6, 6.07) is 3.87. The molecule has 2 heterocycles. The van der Waals surface area contributed by atoms with E-state index >= 15 is 0 Å². The van der Waals surface area contributed by atoms with Crippen LogP contribution in [0.5, 0.6) is 0 Å². The summed E-state index contributed by atoms with van der Waals surface area (Å²) >= 11 is 0. The average Bonchev–Trinajstić information content (AvgIpc) is 2.69. The summed E-state index contributed by atoms with van der Waals surface area (Å²) in [5, 5.41) is 7.46. The third kappa shape index (κ3) is 2.25. The molecule has 0 aliphatic rings. The molecule has 0 saturated carbocycles. The normalized spacial score (nSPS) is 10.6. The summed E-state index contributed by atoms with van der Waals surface area (Å²) < 4.78 is 1.81. The number of nitrogens with zero attached hydrogens (tertiary/aromatic N) is 4. The lowest BCUT2D eigenvalue weighted by Gasteiger charge is -1.97. The van der Waals surface area contributed by atoms with Crippen LogP contribution in [0.3, 0.4) is 0 Å². The van der Waals surface area contributed by atoms with E-state index in [1.165, 1.54) is 0 Å². The smallest absolute Gasteiger partial charge is 0.158 e. The molecule has 0 fully saturated rings. The molecule has 5 nitrogen and oxygen atoms in total. The van der Waals surface area contributed by atoms with Crippen molar-refractivity contribution in [1.82, 2.24) is 25.1 Å². The molecule has 0 aromatic carbocycles. The Morgan fingerprint density at radius 2 is 2.06 bits per heavy atom. The molecule has 1 N–H and O–H groups in total. The lowest BCUT2D eigenvalue weighted by Crippen LogP contribution is -2.11. The molecule has 0 radical (unpaired) electrons. The molecule has 84 valence electrons. The van der Waals surface area contributed by atoms with E-state index in [0.29, 0.717) is 0 Å². The first kappa shape index (κ1) is 10.8. The van der Waals surface area contributed by atoms with Crippen LogP contribution < -0.4 is 5.32 Å². The number of hydrogen-bond acceptors (Lipinski definition) is 4. The van der Waals surface area contributed by atoms with Gasteiger partial charge in [0.15, 0.2) is 11.6 Å². The van der Waals surface area contributed by atoms with E-state index in [2.05, 4.69) is 20.4 Å². The summed E-state index contributed by atoms with van der Waals surface area (Å²) in [5.74, 6) is 1.75. The van der Waals surface area contributed by atoms with Crippen molar-refractivity contribution < 1.29 is 0 Å². The molecule has 2 aromatic rings. The van der Waals surface area contributed by atoms with E-state index in [-0.39, 0.29) is 0 Å². The quantitative estimate of drug-likeness (QED) is 0.816. The van der Waals surface area contributed by atoms with Crippen molar-refractivity contribution in [2.45, 2.75) is 6.42 Å². The zero-order valence-corrected chi connectivity index (χ0v) is 9.51. The number of hydrogen-bond donors (Lipinski definition) is 1. The van der Waals surface area contributed by atoms with Gasteiger partial charge in [0.05, 0.1) is 0 Å². The van der Waals surface area contributed by atoms with Crippen molar-refractivity contribution in [3.05, 3.63) is 30.4 Å². The predicted molar refractivity (Wildman–Crippen MR) is 61.9 cm³/mol. The van der Waals surface area contributed by atoms with E-state index in [1.807, 2.05) is 26.2 Å². The van der Waals surface area contributed by atoms with E-state index in [9.17, 15) is 0 Å². The Morgan fingerprint density at radius 3 is 2.75 bits per heavy atom. The van der Waals surface area contributed by atoms with Gasteiger partial charge in [-0.3, -0.25) is 4.98 Å². The van der Waals surface area contributed by atoms with Gasteiger partial charge in [-0.25, -0.2) is 9.67 Å². The van der Waals surface area contributed by atoms with Crippen molar-refractivity contribution >= 4 is 0 Å². The molecule has 2 aromatic heterocycles. The SMILES string of the molecule is CNCCc1nc(-c2ccncc2)n(C)n1. The fourth-order valence-electron chi connectivity index (χ4n) is 1.53. The van der Waals surface area contributed by atoms with Crippen LogP contribution in [0.2, 0.25) is 0 Å². The van der Waals surface area contributed by atoms with Gasteiger partial charge in [-0.05, 0) is 19.2 Å². The Bertz CT molecular complexity index is 449. The number of pyridine rings is 1. The maximum Gasteiger partial charge on any atom is 0.158 e. The molecule has 16 heavy (non-hydrogen) atoms. The molecule has 0 atom stereocenters. The van der Waals surface area contributed by atoms with E-state index < -0.39 is 0 Å². The first-order valence-corrected chi connectivity index (χ1v) is 5.26. The molecular formula is C11H15N5. The van der Waals surface area contributed by atoms with Crippen molar-refractivity contribution in [1.29, 1.82) is 0 Å². The molecular weight excluding hydrogens is 202 g/mol. The van der Waals surface area contributed by atoms with Crippen LogP contribution in [0.4, 0.5) is 0 Å². The van der Waals surface area contributed by atoms with Crippen molar-refractivity contribution in [2.24, 2.45) is 7.05 Å². The van der Waals surface area contributed by atoms with E-state index in [4.69, 9.17) is 0 Å². The molecule has 0 unspecified atom stereocenters. The molecule has 0 aliphatic carbocycles. The molecule has 0 saturated heterocycles. The van der Waals surface area contributed by atoms with Gasteiger partial charge in [-0.15, -0.1) is 0 Å². The van der Waals surface area contributed by atoms with Gasteiger partial charge in [-0.1, -0.05) is 0 Å². The lowest BCUT2D eigenvalue weighted by atomic mass is 10.2. The fourth-order valence-corrected chi connectivity index (χ4v) is 1.53. The largest absolute Gasteiger partial charge is 0.319 e. The highest BCUT2D eigenvalue weighted by atomic mass is 15.3. The predicted octanol–water partition coefficient (Wildman–Crippen LogP) is 0.639. The summed E-state index contributed by atoms with van der Waals surface area (Å²) in [6.07, 6.45) is 4.37. The summed E-state index contributed by atoms with van der Waals surface area (Å²) in [5.41, 5.74) is 1.04. The Kier molecular flexibility index (Phi) is 3.26. The highest BCUT2D eigenvalue weighted by Crippen LogP contribution is 2.14. The minimum atomic E-state index is 0.843. The van der Waals surface area contributed by atoms with E-state index in [0.717, 1.165) is 30.2 Å². The number of likely N-dealkylation sites (N-methyl/N-ethyl adjacent to an activating group) is 1. The van der Waals surface area contributed by atoms with Crippen LogP contribution in [0, 0.1) is 0 Å². The molecule has 0 aliphatic heterocycles. The minimum Gasteiger partial charge on any atom is -0.319 e. The second-order valence-electron chi connectivity index (χ2n) is 3.56. The van der Waals surface area contributed by atoms with Gasteiger partial charge in [0, 0.05) is 38.0 Å². The van der Waals surface area contributed by atoms with Crippen molar-refractivity contribution in [3.63, 3.8) is 0 Å². The first-order chi connectivity index (χ1) is 7.81. The van der Waals surface area contributed by atoms with Crippen molar-refractivity contribution in [3.8, 4) is 11.4 Å². The molecule has 0 bridgehead atoms. The first-order valence-electron chi connectivity index (χ1n) is 5.26. The average molecular weight is 217 g/mol. The minimum absolute atomic E-state index is 0.843. The molecule has 0 spiro atoms.